The molecule has 0 saturated heterocycles. The van der Waals surface area contributed by atoms with Crippen molar-refractivity contribution >= 4 is 22.6 Å². The summed E-state index contributed by atoms with van der Waals surface area (Å²) in [6.45, 7) is 3.11. The number of carbonyl (C=O) groups is 1. The van der Waals surface area contributed by atoms with Gasteiger partial charge >= 0.3 is 12.1 Å². The Kier molecular flexibility index (Phi) is 4.93. The first kappa shape index (κ1) is 22.6. The summed E-state index contributed by atoms with van der Waals surface area (Å²) in [7, 11) is 0. The highest BCUT2D eigenvalue weighted by molar-refractivity contribution is 5.96. The average molecular weight is 464 g/mol. The number of fused-ring (bicyclic) bond motifs is 3. The Morgan fingerprint density at radius 1 is 1.00 bits per heavy atom. The summed E-state index contributed by atoms with van der Waals surface area (Å²) < 4.78 is 69.3. The zero-order valence-electron chi connectivity index (χ0n) is 17.3. The third-order valence-electron chi connectivity index (χ3n) is 5.23. The van der Waals surface area contributed by atoms with E-state index in [0.717, 1.165) is 10.6 Å². The van der Waals surface area contributed by atoms with E-state index in [4.69, 9.17) is 5.73 Å². The van der Waals surface area contributed by atoms with E-state index < -0.39 is 29.3 Å². The second-order valence-corrected chi connectivity index (χ2v) is 8.05. The van der Waals surface area contributed by atoms with Crippen LogP contribution in [-0.4, -0.2) is 31.6 Å². The number of nitrogens with two attached hydrogens (primary N) is 1. The van der Waals surface area contributed by atoms with Crippen LogP contribution >= 0.6 is 0 Å². The number of imidazole rings is 1. The van der Waals surface area contributed by atoms with Gasteiger partial charge in [0.1, 0.15) is 22.7 Å². The van der Waals surface area contributed by atoms with Crippen LogP contribution in [0.15, 0.2) is 48.7 Å². The molecular formula is C22H17F5N4O2. The maximum atomic E-state index is 14.3. The fourth-order valence-corrected chi connectivity index (χ4v) is 3.45. The fraction of sp³-hybridized carbons (Fsp3) is 0.227. The van der Waals surface area contributed by atoms with Crippen LogP contribution in [0, 0.1) is 0 Å². The molecule has 0 aliphatic heterocycles. The summed E-state index contributed by atoms with van der Waals surface area (Å²) in [6, 6.07) is 9.72. The van der Waals surface area contributed by atoms with E-state index in [2.05, 4.69) is 9.97 Å². The quantitative estimate of drug-likeness (QED) is 0.434. The predicted octanol–water partition coefficient (Wildman–Crippen LogP) is 4.53. The zero-order valence-corrected chi connectivity index (χ0v) is 17.3. The van der Waals surface area contributed by atoms with E-state index >= 15 is 0 Å². The van der Waals surface area contributed by atoms with E-state index in [0.29, 0.717) is 17.2 Å². The monoisotopic (exact) mass is 464 g/mol. The van der Waals surface area contributed by atoms with Crippen molar-refractivity contribution in [2.24, 2.45) is 5.73 Å². The lowest BCUT2D eigenvalue weighted by molar-refractivity contribution is -0.290. The highest BCUT2D eigenvalue weighted by Crippen LogP contribution is 2.45. The lowest BCUT2D eigenvalue weighted by Crippen LogP contribution is -2.34. The van der Waals surface area contributed by atoms with Gasteiger partial charge in [-0.1, -0.05) is 24.3 Å². The number of carbonyl (C=O) groups excluding carboxylic acids is 1. The minimum Gasteiger partial charge on any atom is -0.386 e. The van der Waals surface area contributed by atoms with Gasteiger partial charge in [0, 0.05) is 11.6 Å². The first-order chi connectivity index (χ1) is 15.2. The van der Waals surface area contributed by atoms with Crippen molar-refractivity contribution in [2.45, 2.75) is 31.5 Å². The molecule has 11 heteroatoms. The van der Waals surface area contributed by atoms with Crippen LogP contribution in [0.5, 0.6) is 0 Å². The van der Waals surface area contributed by atoms with Crippen molar-refractivity contribution in [1.29, 1.82) is 0 Å². The van der Waals surface area contributed by atoms with Crippen LogP contribution < -0.4 is 5.73 Å². The number of aliphatic hydroxyl groups is 1. The Hall–Kier alpha value is -3.60. The Bertz CT molecular complexity index is 1390. The van der Waals surface area contributed by atoms with E-state index in [1.165, 1.54) is 24.3 Å². The molecule has 0 saturated carbocycles. The first-order valence-electron chi connectivity index (χ1n) is 9.61. The van der Waals surface area contributed by atoms with Crippen molar-refractivity contribution in [3.05, 3.63) is 65.6 Å². The number of primary amides is 1. The van der Waals surface area contributed by atoms with Crippen LogP contribution in [0.2, 0.25) is 0 Å². The molecule has 0 bridgehead atoms. The fourth-order valence-electron chi connectivity index (χ4n) is 3.45. The zero-order chi connectivity index (χ0) is 24.3. The molecular weight excluding hydrogens is 447 g/mol. The molecule has 33 heavy (non-hydrogen) atoms. The van der Waals surface area contributed by atoms with Gasteiger partial charge in [-0.25, -0.2) is 9.97 Å². The average Bonchev–Trinajstić information content (AvgIpc) is 3.17. The number of halogens is 5. The second-order valence-electron chi connectivity index (χ2n) is 8.05. The summed E-state index contributed by atoms with van der Waals surface area (Å²) in [5.41, 5.74) is 3.08. The van der Waals surface area contributed by atoms with E-state index in [-0.39, 0.29) is 27.9 Å². The van der Waals surface area contributed by atoms with Gasteiger partial charge in [0.15, 0.2) is 0 Å². The lowest BCUT2D eigenvalue weighted by Gasteiger charge is -2.21. The number of rotatable bonds is 4. The molecule has 0 spiro atoms. The van der Waals surface area contributed by atoms with Gasteiger partial charge in [-0.05, 0) is 48.7 Å². The molecule has 0 aliphatic carbocycles. The normalized spacial score (nSPS) is 13.1. The van der Waals surface area contributed by atoms with Crippen molar-refractivity contribution in [1.82, 2.24) is 14.4 Å². The molecule has 3 aromatic heterocycles. The Labute approximate surface area is 183 Å². The Balaban J connectivity index is 2.06. The van der Waals surface area contributed by atoms with Gasteiger partial charge in [0.25, 0.3) is 5.91 Å². The second kappa shape index (κ2) is 7.20. The molecule has 0 aliphatic rings. The van der Waals surface area contributed by atoms with Crippen LogP contribution in [0.3, 0.4) is 0 Å². The van der Waals surface area contributed by atoms with Crippen molar-refractivity contribution in [2.75, 3.05) is 0 Å². The van der Waals surface area contributed by atoms with Gasteiger partial charge in [-0.15, -0.1) is 0 Å². The highest BCUT2D eigenvalue weighted by atomic mass is 19.4. The topological polar surface area (TPSA) is 93.5 Å². The molecule has 0 radical (unpaired) electrons. The standard InChI is InChI=1S/C22H17F5N4O2/c1-20(2,33)12-5-3-11(4-6-12)14-9-16(21(23,24)22(25,26)27)30-19-13(14)7-8-17-29-15(18(28)32)10-31(17)19/h3-10,33H,1-2H3,(H2,28,32). The third-order valence-corrected chi connectivity index (χ3v) is 5.23. The number of nitrogens with zero attached hydrogens (tertiary/aromatic N) is 3. The van der Waals surface area contributed by atoms with Crippen LogP contribution in [0.4, 0.5) is 22.0 Å². The van der Waals surface area contributed by atoms with Gasteiger partial charge in [0.05, 0.1) is 5.60 Å². The molecule has 3 N–H and O–H groups in total. The molecule has 172 valence electrons. The van der Waals surface area contributed by atoms with Gasteiger partial charge in [0.2, 0.25) is 0 Å². The van der Waals surface area contributed by atoms with Crippen LogP contribution in [0.25, 0.3) is 27.8 Å². The molecule has 0 fully saturated rings. The highest BCUT2D eigenvalue weighted by Gasteiger charge is 2.60. The molecule has 0 atom stereocenters. The molecule has 3 heterocycles. The summed E-state index contributed by atoms with van der Waals surface area (Å²) in [5.74, 6) is -6.14. The number of benzene rings is 1. The van der Waals surface area contributed by atoms with Gasteiger partial charge < -0.3 is 10.8 Å². The number of alkyl halides is 5. The van der Waals surface area contributed by atoms with Crippen molar-refractivity contribution in [3.63, 3.8) is 0 Å². The maximum Gasteiger partial charge on any atom is 0.459 e. The van der Waals surface area contributed by atoms with Crippen molar-refractivity contribution < 1.29 is 31.9 Å². The predicted molar refractivity (Wildman–Crippen MR) is 110 cm³/mol. The molecule has 4 rings (SSSR count). The number of aromatic nitrogens is 3. The number of hydrogen-bond donors (Lipinski definition) is 2. The largest absolute Gasteiger partial charge is 0.459 e. The lowest BCUT2D eigenvalue weighted by atomic mass is 9.94. The smallest absolute Gasteiger partial charge is 0.386 e. The van der Waals surface area contributed by atoms with E-state index in [1.807, 2.05) is 0 Å². The third kappa shape index (κ3) is 3.78. The maximum absolute atomic E-state index is 14.3. The van der Waals surface area contributed by atoms with Crippen LogP contribution in [0.1, 0.15) is 35.6 Å². The molecule has 6 nitrogen and oxygen atoms in total. The van der Waals surface area contributed by atoms with Crippen molar-refractivity contribution in [3.8, 4) is 11.1 Å². The minimum atomic E-state index is -5.88. The Morgan fingerprint density at radius 3 is 2.18 bits per heavy atom. The number of amides is 1. The van der Waals surface area contributed by atoms with Gasteiger partial charge in [-0.2, -0.15) is 22.0 Å². The van der Waals surface area contributed by atoms with Crippen LogP contribution in [-0.2, 0) is 11.5 Å². The first-order valence-corrected chi connectivity index (χ1v) is 9.61. The van der Waals surface area contributed by atoms with Gasteiger partial charge in [-0.3, -0.25) is 9.20 Å². The van der Waals surface area contributed by atoms with E-state index in [1.54, 1.807) is 26.0 Å². The number of hydrogen-bond acceptors (Lipinski definition) is 4. The molecule has 1 amide bonds. The summed E-state index contributed by atoms with van der Waals surface area (Å²) in [4.78, 5) is 19.1. The number of pyridine rings is 2. The minimum absolute atomic E-state index is 0.0532. The molecule has 0 unspecified atom stereocenters. The van der Waals surface area contributed by atoms with E-state index in [9.17, 15) is 31.9 Å². The summed E-state index contributed by atoms with van der Waals surface area (Å²) >= 11 is 0. The molecule has 4 aromatic rings. The Morgan fingerprint density at radius 2 is 1.64 bits per heavy atom. The summed E-state index contributed by atoms with van der Waals surface area (Å²) in [5, 5.41) is 10.4. The SMILES string of the molecule is CC(C)(O)c1ccc(-c2cc(C(F)(F)C(F)(F)F)nc3c2ccc2nc(C(N)=O)cn23)cc1. The summed E-state index contributed by atoms with van der Waals surface area (Å²) in [6.07, 6.45) is -4.75. The molecule has 1 aromatic carbocycles.